The molecule has 1 fully saturated rings. The Balaban J connectivity index is 1.24. The smallest absolute Gasteiger partial charge is 0.261 e. The van der Waals surface area contributed by atoms with Crippen LogP contribution in [0.3, 0.4) is 0 Å². The van der Waals surface area contributed by atoms with Crippen LogP contribution in [-0.4, -0.2) is 11.8 Å². The fourth-order valence-electron chi connectivity index (χ4n) is 3.18. The first-order chi connectivity index (χ1) is 13.7. The van der Waals surface area contributed by atoms with Gasteiger partial charge >= 0.3 is 0 Å². The third-order valence-electron chi connectivity index (χ3n) is 4.90. The summed E-state index contributed by atoms with van der Waals surface area (Å²) in [4.78, 5) is 25.1. The zero-order valence-corrected chi connectivity index (χ0v) is 16.7. The molecule has 140 valence electrons. The molecule has 0 radical (unpaired) electrons. The van der Waals surface area contributed by atoms with Crippen molar-refractivity contribution < 1.29 is 9.59 Å². The predicted octanol–water partition coefficient (Wildman–Crippen LogP) is 5.39. The van der Waals surface area contributed by atoms with Gasteiger partial charge in [-0.05, 0) is 42.7 Å². The minimum Gasteiger partial charge on any atom is -0.347 e. The summed E-state index contributed by atoms with van der Waals surface area (Å²) in [7, 11) is 0. The van der Waals surface area contributed by atoms with Crippen LogP contribution in [0, 0.1) is 5.92 Å². The molecular formula is C22H18N2O2S2. The molecule has 0 atom stereocenters. The summed E-state index contributed by atoms with van der Waals surface area (Å²) < 4.78 is 3.60. The molecular weight excluding hydrogens is 388 g/mol. The molecule has 0 unspecified atom stereocenters. The van der Waals surface area contributed by atoms with E-state index in [1.54, 1.807) is 22.7 Å². The van der Waals surface area contributed by atoms with Crippen LogP contribution in [0.1, 0.15) is 28.1 Å². The van der Waals surface area contributed by atoms with Gasteiger partial charge in [-0.2, -0.15) is 0 Å². The Morgan fingerprint density at radius 1 is 0.964 bits per heavy atom. The van der Waals surface area contributed by atoms with Crippen LogP contribution in [0.5, 0.6) is 0 Å². The molecule has 0 aliphatic heterocycles. The highest BCUT2D eigenvalue weighted by Gasteiger charge is 2.29. The summed E-state index contributed by atoms with van der Waals surface area (Å²) >= 11 is 3.27. The number of nitrogens with one attached hydrogen (secondary N) is 2. The van der Waals surface area contributed by atoms with Crippen molar-refractivity contribution in [2.75, 3.05) is 5.32 Å². The number of hydrogen-bond donors (Lipinski definition) is 2. The molecule has 2 N–H and O–H groups in total. The first kappa shape index (κ1) is 17.4. The summed E-state index contributed by atoms with van der Waals surface area (Å²) in [5.74, 6) is 0.242. The quantitative estimate of drug-likeness (QED) is 0.466. The van der Waals surface area contributed by atoms with E-state index in [9.17, 15) is 9.59 Å². The third kappa shape index (κ3) is 3.41. The lowest BCUT2D eigenvalue weighted by atomic mass is 10.2. The highest BCUT2D eigenvalue weighted by Crippen LogP contribution is 2.39. The second kappa shape index (κ2) is 7.04. The van der Waals surface area contributed by atoms with Crippen molar-refractivity contribution in [2.24, 2.45) is 5.92 Å². The molecule has 2 aromatic carbocycles. The van der Waals surface area contributed by atoms with E-state index < -0.39 is 0 Å². The van der Waals surface area contributed by atoms with E-state index in [4.69, 9.17) is 0 Å². The zero-order chi connectivity index (χ0) is 19.1. The molecule has 0 bridgehead atoms. The molecule has 1 aliphatic rings. The molecule has 0 saturated heterocycles. The Labute approximate surface area is 170 Å². The van der Waals surface area contributed by atoms with Gasteiger partial charge in [0, 0.05) is 32.9 Å². The number of thiophene rings is 2. The minimum atomic E-state index is -0.0522. The van der Waals surface area contributed by atoms with Crippen LogP contribution >= 0.6 is 22.7 Å². The summed E-state index contributed by atoms with van der Waals surface area (Å²) in [5, 5.41) is 7.13. The van der Waals surface area contributed by atoms with Crippen molar-refractivity contribution in [3.05, 3.63) is 65.0 Å². The van der Waals surface area contributed by atoms with E-state index in [0.29, 0.717) is 6.54 Å². The molecule has 28 heavy (non-hydrogen) atoms. The second-order valence-corrected chi connectivity index (χ2v) is 9.18. The Morgan fingerprint density at radius 2 is 1.75 bits per heavy atom. The van der Waals surface area contributed by atoms with E-state index in [-0.39, 0.29) is 17.7 Å². The zero-order valence-electron chi connectivity index (χ0n) is 15.0. The summed E-state index contributed by atoms with van der Waals surface area (Å²) in [5.41, 5.74) is 1.80. The fourth-order valence-corrected chi connectivity index (χ4v) is 5.62. The number of carbonyl (C=O) groups is 2. The van der Waals surface area contributed by atoms with Gasteiger partial charge in [0.2, 0.25) is 5.91 Å². The number of anilines is 1. The number of carbonyl (C=O) groups excluding carboxylic acids is 2. The number of rotatable bonds is 5. The van der Waals surface area contributed by atoms with Crippen molar-refractivity contribution in [2.45, 2.75) is 19.4 Å². The molecule has 5 rings (SSSR count). The van der Waals surface area contributed by atoms with Gasteiger partial charge in [-0.25, -0.2) is 0 Å². The number of hydrogen-bond acceptors (Lipinski definition) is 4. The Bertz CT molecular complexity index is 1190. The molecule has 1 aliphatic carbocycles. The Kier molecular flexibility index (Phi) is 4.37. The maximum atomic E-state index is 12.6. The minimum absolute atomic E-state index is 0.0522. The lowest BCUT2D eigenvalue weighted by molar-refractivity contribution is -0.117. The first-order valence-electron chi connectivity index (χ1n) is 9.26. The van der Waals surface area contributed by atoms with Gasteiger partial charge < -0.3 is 10.6 Å². The van der Waals surface area contributed by atoms with Crippen LogP contribution in [0.2, 0.25) is 0 Å². The van der Waals surface area contributed by atoms with Gasteiger partial charge in [0.05, 0.1) is 9.58 Å². The summed E-state index contributed by atoms with van der Waals surface area (Å²) in [6.07, 6.45) is 1.98. The van der Waals surface area contributed by atoms with Gasteiger partial charge in [0.1, 0.15) is 0 Å². The topological polar surface area (TPSA) is 58.2 Å². The lowest BCUT2D eigenvalue weighted by Crippen LogP contribution is -2.21. The van der Waals surface area contributed by atoms with Crippen molar-refractivity contribution in [3.63, 3.8) is 0 Å². The van der Waals surface area contributed by atoms with Crippen LogP contribution in [0.4, 0.5) is 5.69 Å². The first-order valence-corrected chi connectivity index (χ1v) is 10.9. The average molecular weight is 407 g/mol. The monoisotopic (exact) mass is 406 g/mol. The van der Waals surface area contributed by atoms with Crippen molar-refractivity contribution in [1.29, 1.82) is 0 Å². The number of amides is 2. The fraction of sp³-hybridized carbons (Fsp3) is 0.182. The van der Waals surface area contributed by atoms with Crippen molar-refractivity contribution in [1.82, 2.24) is 5.32 Å². The average Bonchev–Trinajstić information content (AvgIpc) is 3.39. The normalized spacial score (nSPS) is 13.7. The largest absolute Gasteiger partial charge is 0.347 e. The Morgan fingerprint density at radius 3 is 2.54 bits per heavy atom. The molecule has 2 aromatic heterocycles. The van der Waals surface area contributed by atoms with Gasteiger partial charge in [0.15, 0.2) is 0 Å². The molecule has 0 spiro atoms. The van der Waals surface area contributed by atoms with E-state index in [0.717, 1.165) is 33.7 Å². The van der Waals surface area contributed by atoms with E-state index in [2.05, 4.69) is 22.8 Å². The van der Waals surface area contributed by atoms with Crippen molar-refractivity contribution >= 4 is 59.7 Å². The number of fused-ring (bicyclic) bond motifs is 3. The maximum absolute atomic E-state index is 12.6. The third-order valence-corrected chi connectivity index (χ3v) is 7.31. The van der Waals surface area contributed by atoms with Crippen LogP contribution in [-0.2, 0) is 11.3 Å². The number of benzene rings is 2. The Hall–Kier alpha value is -2.70. The summed E-state index contributed by atoms with van der Waals surface area (Å²) in [6.45, 7) is 0.460. The maximum Gasteiger partial charge on any atom is 0.261 e. The second-order valence-electron chi connectivity index (χ2n) is 7.05. The van der Waals surface area contributed by atoms with Crippen LogP contribution in [0.25, 0.3) is 19.5 Å². The van der Waals surface area contributed by atoms with Crippen LogP contribution in [0.15, 0.2) is 54.6 Å². The molecule has 4 aromatic rings. The van der Waals surface area contributed by atoms with Crippen LogP contribution < -0.4 is 10.6 Å². The highest BCUT2D eigenvalue weighted by molar-refractivity contribution is 7.33. The van der Waals surface area contributed by atoms with Gasteiger partial charge in [-0.15, -0.1) is 22.7 Å². The van der Waals surface area contributed by atoms with E-state index >= 15 is 0 Å². The molecule has 4 nitrogen and oxygen atoms in total. The summed E-state index contributed by atoms with van der Waals surface area (Å²) in [6, 6.07) is 17.9. The van der Waals surface area contributed by atoms with Gasteiger partial charge in [0.25, 0.3) is 5.91 Å². The lowest BCUT2D eigenvalue weighted by Gasteiger charge is -2.07. The highest BCUT2D eigenvalue weighted by atomic mass is 32.1. The SMILES string of the molecule is O=C(NCc1ccc(NC(=O)C2CC2)cc1)c1cc2sc3ccccc3c2s1. The predicted molar refractivity (Wildman–Crippen MR) is 116 cm³/mol. The molecule has 2 amide bonds. The molecule has 2 heterocycles. The standard InChI is InChI=1S/C22H18N2O2S2/c25-21(14-7-8-14)24-15-9-5-13(6-10-15)12-23-22(26)19-11-18-20(28-19)16-3-1-2-4-17(16)27-18/h1-6,9-11,14H,7-8,12H2,(H,23,26)(H,24,25). The molecule has 1 saturated carbocycles. The van der Waals surface area contributed by atoms with Gasteiger partial charge in [-0.3, -0.25) is 9.59 Å². The molecule has 6 heteroatoms. The van der Waals surface area contributed by atoms with Crippen molar-refractivity contribution in [3.8, 4) is 0 Å². The van der Waals surface area contributed by atoms with E-state index in [1.165, 1.54) is 14.8 Å². The van der Waals surface area contributed by atoms with Gasteiger partial charge in [-0.1, -0.05) is 30.3 Å². The van der Waals surface area contributed by atoms with E-state index in [1.807, 2.05) is 42.5 Å².